The van der Waals surface area contributed by atoms with Gasteiger partial charge < -0.3 is 15.4 Å². The Bertz CT molecular complexity index is 985. The molecule has 0 aliphatic carbocycles. The number of ether oxygens (including phenoxy) is 1. The van der Waals surface area contributed by atoms with Crippen molar-refractivity contribution in [2.24, 2.45) is 5.14 Å². The van der Waals surface area contributed by atoms with Crippen LogP contribution in [0.25, 0.3) is 0 Å². The second-order valence-corrected chi connectivity index (χ2v) is 7.43. The van der Waals surface area contributed by atoms with E-state index in [-0.39, 0.29) is 16.4 Å². The quantitative estimate of drug-likeness (QED) is 0.621. The van der Waals surface area contributed by atoms with Gasteiger partial charge in [0.1, 0.15) is 0 Å². The van der Waals surface area contributed by atoms with E-state index in [0.717, 1.165) is 0 Å². The molecule has 28 heavy (non-hydrogen) atoms. The first-order chi connectivity index (χ1) is 13.1. The van der Waals surface area contributed by atoms with Gasteiger partial charge in [-0.25, -0.2) is 18.4 Å². The molecule has 0 heterocycles. The zero-order chi connectivity index (χ0) is 20.9. The van der Waals surface area contributed by atoms with Crippen molar-refractivity contribution < 1.29 is 27.5 Å². The molecule has 0 radical (unpaired) electrons. The van der Waals surface area contributed by atoms with Crippen LogP contribution in [0.3, 0.4) is 0 Å². The smallest absolute Gasteiger partial charge is 0.338 e. The van der Waals surface area contributed by atoms with Crippen LogP contribution < -0.4 is 15.8 Å². The van der Waals surface area contributed by atoms with Crippen LogP contribution in [0.1, 0.15) is 24.2 Å². The summed E-state index contributed by atoms with van der Waals surface area (Å²) in [6.45, 7) is 2.77. The van der Waals surface area contributed by atoms with Crippen molar-refractivity contribution >= 4 is 39.2 Å². The molecule has 9 nitrogen and oxygen atoms in total. The van der Waals surface area contributed by atoms with E-state index < -0.39 is 28.0 Å². The van der Waals surface area contributed by atoms with Crippen molar-refractivity contribution in [2.45, 2.75) is 24.8 Å². The minimum atomic E-state index is -3.83. The summed E-state index contributed by atoms with van der Waals surface area (Å²) in [5.74, 6) is -1.54. The largest absolute Gasteiger partial charge is 0.449 e. The highest BCUT2D eigenvalue weighted by Gasteiger charge is 2.19. The van der Waals surface area contributed by atoms with Crippen LogP contribution in [0.5, 0.6) is 0 Å². The van der Waals surface area contributed by atoms with Gasteiger partial charge in [-0.05, 0) is 55.5 Å². The monoisotopic (exact) mass is 405 g/mol. The molecular weight excluding hydrogens is 386 g/mol. The van der Waals surface area contributed by atoms with Gasteiger partial charge in [-0.2, -0.15) is 0 Å². The van der Waals surface area contributed by atoms with Crippen LogP contribution in [0.2, 0.25) is 0 Å². The highest BCUT2D eigenvalue weighted by Crippen LogP contribution is 2.14. The highest BCUT2D eigenvalue weighted by atomic mass is 32.2. The number of rotatable bonds is 6. The first kappa shape index (κ1) is 21.1. The van der Waals surface area contributed by atoms with E-state index >= 15 is 0 Å². The lowest BCUT2D eigenvalue weighted by molar-refractivity contribution is -0.123. The lowest BCUT2D eigenvalue weighted by Gasteiger charge is -2.14. The number of carbonyl (C=O) groups excluding carboxylic acids is 3. The molecule has 2 aromatic carbocycles. The lowest BCUT2D eigenvalue weighted by atomic mass is 10.2. The number of nitrogens with one attached hydrogen (secondary N) is 2. The molecule has 0 spiro atoms. The number of primary sulfonamides is 1. The Morgan fingerprint density at radius 2 is 1.43 bits per heavy atom. The van der Waals surface area contributed by atoms with Crippen LogP contribution in [0.15, 0.2) is 53.4 Å². The van der Waals surface area contributed by atoms with Crippen LogP contribution in [-0.4, -0.2) is 32.3 Å². The molecule has 148 valence electrons. The molecule has 4 N–H and O–H groups in total. The van der Waals surface area contributed by atoms with Crippen LogP contribution in [0, 0.1) is 0 Å². The van der Waals surface area contributed by atoms with Gasteiger partial charge in [0.15, 0.2) is 6.10 Å². The Morgan fingerprint density at radius 1 is 0.929 bits per heavy atom. The maximum Gasteiger partial charge on any atom is 0.338 e. The molecule has 1 unspecified atom stereocenters. The summed E-state index contributed by atoms with van der Waals surface area (Å²) in [5, 5.41) is 10.1. The number of hydrogen-bond acceptors (Lipinski definition) is 6. The first-order valence-corrected chi connectivity index (χ1v) is 9.63. The van der Waals surface area contributed by atoms with Gasteiger partial charge in [0.25, 0.3) is 5.91 Å². The zero-order valence-corrected chi connectivity index (χ0v) is 15.9. The summed E-state index contributed by atoms with van der Waals surface area (Å²) >= 11 is 0. The third kappa shape index (κ3) is 5.89. The normalized spacial score (nSPS) is 12.0. The summed E-state index contributed by atoms with van der Waals surface area (Å²) in [5.41, 5.74) is 1.06. The van der Waals surface area contributed by atoms with Gasteiger partial charge in [-0.1, -0.05) is 0 Å². The van der Waals surface area contributed by atoms with Crippen molar-refractivity contribution in [3.8, 4) is 0 Å². The van der Waals surface area contributed by atoms with Gasteiger partial charge in [0.05, 0.1) is 10.5 Å². The molecule has 10 heteroatoms. The molecule has 0 aliphatic rings. The molecule has 2 aromatic rings. The van der Waals surface area contributed by atoms with Crippen molar-refractivity contribution in [1.29, 1.82) is 0 Å². The number of nitrogens with two attached hydrogens (primary N) is 1. The fraction of sp³-hybridized carbons (Fsp3) is 0.167. The van der Waals surface area contributed by atoms with Crippen LogP contribution in [-0.2, 0) is 24.3 Å². The number of sulfonamides is 1. The fourth-order valence-electron chi connectivity index (χ4n) is 2.15. The number of anilines is 2. The maximum atomic E-state index is 12.2. The van der Waals surface area contributed by atoms with Crippen LogP contribution in [0.4, 0.5) is 11.4 Å². The van der Waals surface area contributed by atoms with Gasteiger partial charge in [0, 0.05) is 18.3 Å². The number of carbonyl (C=O) groups is 3. The summed E-state index contributed by atoms with van der Waals surface area (Å²) in [6.07, 6.45) is -1.10. The number of esters is 1. The molecule has 1 atom stereocenters. The minimum absolute atomic E-state index is 0.0901. The number of hydrogen-bond donors (Lipinski definition) is 3. The standard InChI is InChI=1S/C18H19N3O6S/c1-11(17(23)21-15-7-9-16(10-8-15)28(19,25)26)27-18(24)13-3-5-14(6-4-13)20-12(2)22/h3-11H,1-2H3,(H,20,22)(H,21,23)(H2,19,25,26). The van der Waals surface area contributed by atoms with E-state index in [9.17, 15) is 22.8 Å². The van der Waals surface area contributed by atoms with Gasteiger partial charge in [0.2, 0.25) is 15.9 Å². The van der Waals surface area contributed by atoms with Gasteiger partial charge in [-0.15, -0.1) is 0 Å². The summed E-state index contributed by atoms with van der Waals surface area (Å²) in [6, 6.07) is 11.2. The summed E-state index contributed by atoms with van der Waals surface area (Å²) < 4.78 is 27.5. The molecule has 0 fully saturated rings. The minimum Gasteiger partial charge on any atom is -0.449 e. The SMILES string of the molecule is CC(=O)Nc1ccc(C(=O)OC(C)C(=O)Nc2ccc(S(N)(=O)=O)cc2)cc1. The van der Waals surface area contributed by atoms with E-state index in [2.05, 4.69) is 10.6 Å². The molecule has 0 aromatic heterocycles. The predicted molar refractivity (Wildman–Crippen MR) is 102 cm³/mol. The topological polar surface area (TPSA) is 145 Å². The van der Waals surface area contributed by atoms with Crippen molar-refractivity contribution in [3.05, 3.63) is 54.1 Å². The average Bonchev–Trinajstić information content (AvgIpc) is 2.61. The summed E-state index contributed by atoms with van der Waals surface area (Å²) in [7, 11) is -3.83. The van der Waals surface area contributed by atoms with Crippen LogP contribution >= 0.6 is 0 Å². The van der Waals surface area contributed by atoms with E-state index in [0.29, 0.717) is 11.4 Å². The molecule has 0 aliphatic heterocycles. The molecular formula is C18H19N3O6S. The van der Waals surface area contributed by atoms with Crippen molar-refractivity contribution in [2.75, 3.05) is 10.6 Å². The first-order valence-electron chi connectivity index (χ1n) is 8.08. The lowest BCUT2D eigenvalue weighted by Crippen LogP contribution is -2.30. The van der Waals surface area contributed by atoms with E-state index in [1.165, 1.54) is 62.4 Å². The molecule has 0 saturated heterocycles. The number of benzene rings is 2. The zero-order valence-electron chi connectivity index (χ0n) is 15.1. The summed E-state index contributed by atoms with van der Waals surface area (Å²) in [4.78, 5) is 35.2. The fourth-order valence-corrected chi connectivity index (χ4v) is 2.66. The van der Waals surface area contributed by atoms with Gasteiger partial charge in [-0.3, -0.25) is 9.59 Å². The molecule has 2 rings (SSSR count). The Hall–Kier alpha value is -3.24. The Morgan fingerprint density at radius 3 is 1.93 bits per heavy atom. The van der Waals surface area contributed by atoms with E-state index in [4.69, 9.17) is 9.88 Å². The van der Waals surface area contributed by atoms with Gasteiger partial charge >= 0.3 is 5.97 Å². The maximum absolute atomic E-state index is 12.2. The molecule has 2 amide bonds. The van der Waals surface area contributed by atoms with E-state index in [1.54, 1.807) is 0 Å². The Balaban J connectivity index is 1.96. The second kappa shape index (κ2) is 8.63. The predicted octanol–water partition coefficient (Wildman–Crippen LogP) is 1.48. The molecule has 0 saturated carbocycles. The second-order valence-electron chi connectivity index (χ2n) is 5.86. The van der Waals surface area contributed by atoms with Crippen molar-refractivity contribution in [1.82, 2.24) is 0 Å². The van der Waals surface area contributed by atoms with Crippen molar-refractivity contribution in [3.63, 3.8) is 0 Å². The Kier molecular flexibility index (Phi) is 6.49. The highest BCUT2D eigenvalue weighted by molar-refractivity contribution is 7.89. The average molecular weight is 405 g/mol. The number of amides is 2. The third-order valence-electron chi connectivity index (χ3n) is 3.54. The molecule has 0 bridgehead atoms. The van der Waals surface area contributed by atoms with E-state index in [1.807, 2.05) is 0 Å². The third-order valence-corrected chi connectivity index (χ3v) is 4.47. The Labute approximate surface area is 161 Å².